The van der Waals surface area contributed by atoms with Gasteiger partial charge in [-0.05, 0) is 146 Å². The molecule has 33 nitrogen and oxygen atoms in total. The molecule has 8 aromatic rings. The quantitative estimate of drug-likeness (QED) is 0.00578. The first-order valence-corrected chi connectivity index (χ1v) is 55.0. The Balaban J connectivity index is 0.000000278. The van der Waals surface area contributed by atoms with E-state index in [-0.39, 0.29) is 104 Å². The van der Waals surface area contributed by atoms with Crippen molar-refractivity contribution in [3.63, 3.8) is 0 Å². The van der Waals surface area contributed by atoms with E-state index in [4.69, 9.17) is 47.9 Å². The minimum Gasteiger partial charge on any atom is -0.469 e. The Labute approximate surface area is 812 Å². The van der Waals surface area contributed by atoms with Gasteiger partial charge >= 0.3 is 30.2 Å². The molecule has 0 spiro atoms. The number of carbonyl (C=O) groups excluding carboxylic acids is 10. The molecule has 138 heavy (non-hydrogen) atoms. The lowest BCUT2D eigenvalue weighted by molar-refractivity contribution is -0.150. The van der Waals surface area contributed by atoms with Gasteiger partial charge in [-0.2, -0.15) is 0 Å². The van der Waals surface area contributed by atoms with Crippen molar-refractivity contribution in [3.8, 4) is 68.7 Å². The fourth-order valence-electron chi connectivity index (χ4n) is 17.1. The summed E-state index contributed by atoms with van der Waals surface area (Å²) in [5.41, 5.74) is 10.2. The number of H-pyrrole nitrogens is 2. The number of methoxy groups -OCH3 is 5. The Morgan fingerprint density at radius 3 is 1.30 bits per heavy atom. The number of nitrogens with one attached hydrogen (secondary N) is 4. The van der Waals surface area contributed by atoms with Crippen LogP contribution in [0.5, 0.6) is 0 Å². The van der Waals surface area contributed by atoms with Crippen LogP contribution in [0.1, 0.15) is 183 Å². The van der Waals surface area contributed by atoms with E-state index in [0.29, 0.717) is 58.0 Å². The van der Waals surface area contributed by atoms with Gasteiger partial charge < -0.3 is 87.4 Å². The fourth-order valence-corrected chi connectivity index (χ4v) is 18.6. The van der Waals surface area contributed by atoms with Crippen molar-refractivity contribution in [1.82, 2.24) is 74.2 Å². The maximum absolute atomic E-state index is 14.2. The second kappa shape index (κ2) is 50.5. The molecule has 7 amide bonds. The van der Waals surface area contributed by atoms with Gasteiger partial charge in [-0.3, -0.25) is 28.8 Å². The minimum absolute atomic E-state index is 0.0345. The average molecular weight is 1930 g/mol. The number of nitrogens with zero attached hydrogens (tertiary/aromatic N) is 12. The number of carbonyl (C=O) groups is 9. The predicted octanol–water partition coefficient (Wildman–Crippen LogP) is 16.0. The summed E-state index contributed by atoms with van der Waals surface area (Å²) in [6.07, 6.45) is 12.7. The highest BCUT2D eigenvalue weighted by Gasteiger charge is 2.44. The van der Waals surface area contributed by atoms with Gasteiger partial charge in [0.1, 0.15) is 54.9 Å². The molecule has 0 saturated carbocycles. The predicted molar refractivity (Wildman–Crippen MR) is 530 cm³/mol. The molecule has 35 heteroatoms. The number of piperidine rings is 1. The van der Waals surface area contributed by atoms with Gasteiger partial charge in [0.2, 0.25) is 29.7 Å². The van der Waals surface area contributed by atoms with Crippen molar-refractivity contribution in [3.05, 3.63) is 167 Å². The monoisotopic (exact) mass is 1930 g/mol. The number of aliphatic imine (C=N–C) groups is 1. The molecule has 4 aliphatic heterocycles. The Hall–Kier alpha value is -12.8. The maximum Gasteiger partial charge on any atom is 0.409 e. The fraction of sp³-hybridized carbons (Fsp3) is 0.515. The number of rotatable bonds is 32. The summed E-state index contributed by atoms with van der Waals surface area (Å²) >= 11 is 0. The molecule has 4 fully saturated rings. The third-order valence-electron chi connectivity index (χ3n) is 25.3. The van der Waals surface area contributed by atoms with Gasteiger partial charge in [0.05, 0.1) is 126 Å². The van der Waals surface area contributed by atoms with E-state index in [2.05, 4.69) is 108 Å². The van der Waals surface area contributed by atoms with E-state index >= 15 is 0 Å². The highest BCUT2D eigenvalue weighted by molar-refractivity contribution is 6.76. The van der Waals surface area contributed by atoms with Crippen LogP contribution in [0.4, 0.5) is 14.4 Å². The number of esters is 2. The molecule has 0 radical (unpaired) electrons. The van der Waals surface area contributed by atoms with Gasteiger partial charge in [0.25, 0.3) is 0 Å². The minimum atomic E-state index is -1.34. The number of isocyanates is 1. The number of piperazine rings is 1. The molecule has 0 aliphatic carbocycles. The van der Waals surface area contributed by atoms with Gasteiger partial charge in [0.15, 0.2) is 0 Å². The molecule has 0 unspecified atom stereocenters. The number of hydrogen-bond acceptors (Lipinski definition) is 22. The molecule has 4 aromatic heterocycles. The van der Waals surface area contributed by atoms with Crippen molar-refractivity contribution in [2.75, 3.05) is 95.1 Å². The third kappa shape index (κ3) is 29.2. The lowest BCUT2D eigenvalue weighted by Crippen LogP contribution is -2.54. The van der Waals surface area contributed by atoms with Crippen LogP contribution in [0.2, 0.25) is 51.4 Å². The van der Waals surface area contributed by atoms with Crippen LogP contribution in [0.15, 0.2) is 127 Å². The second-order valence-electron chi connectivity index (χ2n) is 38.9. The topological polar surface area (TPSA) is 381 Å². The summed E-state index contributed by atoms with van der Waals surface area (Å²) in [6, 6.07) is 31.0. The van der Waals surface area contributed by atoms with Crippen LogP contribution in [0, 0.1) is 59.2 Å². The van der Waals surface area contributed by atoms with Gasteiger partial charge in [-0.15, -0.1) is 0 Å². The Kier molecular flexibility index (Phi) is 39.2. The maximum atomic E-state index is 14.2. The Morgan fingerprint density at radius 1 is 0.457 bits per heavy atom. The van der Waals surface area contributed by atoms with Crippen molar-refractivity contribution >= 4 is 76.1 Å². The van der Waals surface area contributed by atoms with Crippen LogP contribution >= 0.6 is 0 Å². The number of hydrogen-bond donors (Lipinski definition) is 4. The first kappa shape index (κ1) is 107. The number of aromatic amines is 2. The summed E-state index contributed by atoms with van der Waals surface area (Å²) in [5.74, 6) is 13.0. The lowest BCUT2D eigenvalue weighted by Gasteiger charge is -2.41. The molecule has 4 N–H and O–H groups in total. The van der Waals surface area contributed by atoms with E-state index in [1.165, 1.54) is 48.7 Å². The smallest absolute Gasteiger partial charge is 0.409 e. The normalized spacial score (nSPS) is 16.8. The third-order valence-corrected chi connectivity index (χ3v) is 28.7. The van der Waals surface area contributed by atoms with Crippen LogP contribution in [0.3, 0.4) is 0 Å². The zero-order chi connectivity index (χ0) is 100. The molecular weight excluding hydrogens is 1790 g/mol. The Bertz CT molecular complexity index is 5630. The van der Waals surface area contributed by atoms with Crippen LogP contribution < -0.4 is 10.6 Å². The van der Waals surface area contributed by atoms with E-state index < -0.39 is 70.4 Å². The largest absolute Gasteiger partial charge is 0.469 e. The van der Waals surface area contributed by atoms with E-state index in [0.717, 1.165) is 136 Å². The first-order chi connectivity index (χ1) is 65.9. The van der Waals surface area contributed by atoms with Crippen LogP contribution in [0.25, 0.3) is 45.0 Å². The number of ether oxygens (including phenoxy) is 7. The van der Waals surface area contributed by atoms with Gasteiger partial charge in [-0.25, -0.2) is 44.1 Å². The SMILES string of the molecule is CN=C=O.COC(=O)C[C@H](C(=O)N1CCCC[C@H]1c1nc(-c2ccc(C#Cc3ccc(-c4cnc([C@@H]5CCCN5C(=O)[C@@H](NC(=O)OC)C(C)C)n4COCC[Si](C)(C)C)cc3)cc2)cn1COCC[Si](C)(C)C)C(C)C.COC(=O)C[C@H](C(=O)N1CCN(C(=O)OC)C[C@H]1c1ncc(-c2ccc(C#Cc3ccc(-c4cnc([C@@H]5CCCN5C(=O)[C@@H](NC(=O)OC)C(C)C)[nH]4)cc3)cc2)[nH]1)C(C)C. The molecular formula is C103H138N16O17Si2. The van der Waals surface area contributed by atoms with Crippen LogP contribution in [-0.2, 0) is 80.2 Å². The van der Waals surface area contributed by atoms with Crippen molar-refractivity contribution in [1.29, 1.82) is 0 Å². The zero-order valence-electron chi connectivity index (χ0n) is 83.6. The van der Waals surface area contributed by atoms with Gasteiger partial charge in [-0.1, -0.05) is 167 Å². The summed E-state index contributed by atoms with van der Waals surface area (Å²) in [7, 11) is 5.30. The van der Waals surface area contributed by atoms with Crippen molar-refractivity contribution in [2.45, 2.75) is 214 Å². The molecule has 12 rings (SSSR count). The lowest BCUT2D eigenvalue weighted by atomic mass is 9.89. The highest BCUT2D eigenvalue weighted by atomic mass is 28.3. The molecule has 740 valence electrons. The zero-order valence-corrected chi connectivity index (χ0v) is 85.6. The van der Waals surface area contributed by atoms with Crippen molar-refractivity contribution in [2.24, 2.45) is 40.5 Å². The highest BCUT2D eigenvalue weighted by Crippen LogP contribution is 2.40. The molecule has 4 aliphatic rings. The van der Waals surface area contributed by atoms with E-state index in [1.807, 2.05) is 175 Å². The molecule has 4 saturated heterocycles. The number of amides is 7. The van der Waals surface area contributed by atoms with Crippen LogP contribution in [-0.4, -0.2) is 247 Å². The second-order valence-corrected chi connectivity index (χ2v) is 50.2. The molecule has 4 aromatic carbocycles. The van der Waals surface area contributed by atoms with Crippen molar-refractivity contribution < 1.29 is 81.1 Å². The summed E-state index contributed by atoms with van der Waals surface area (Å²) in [4.78, 5) is 164. The number of imidazole rings is 4. The Morgan fingerprint density at radius 2 is 0.862 bits per heavy atom. The molecule has 8 atom stereocenters. The number of benzene rings is 4. The summed E-state index contributed by atoms with van der Waals surface area (Å²) in [6.45, 7) is 33.7. The standard InChI is InChI=1S/C56H81N7O8Si2.C45H54N8O8.C2H3NO/c1-39(2)45(34-50(64)68-5)54(65)61-28-14-13-16-48(61)53-58-46(36-60(53)37-70-30-32-72(7,8)9)43-24-20-41(21-25-43)18-19-42-22-26-44(27-23-42)49-35-57-52(63(49)38-71-31-33-73(10,11)12)47-17-15-29-62(47)55(66)51(40(3)4)59-56(67)69-6;1-27(2)33(23-38(54)59-5)42(55)53-22-21-51(45(58)61-7)26-37(53)41-47-25-35(49-41)32-18-14-30(15-19-32)11-10-29-12-16-31(17-13-29)34-24-46-40(48-34)36-9-8-20-52(36)43(56)39(28(3)4)50-44(57)60-6;1-3-2-4/h20-27,35-36,39-40,45,47-48,51H,13-17,28-34,37-38H2,1-12H3,(H,59,67);12-19,24-25,27-28,33,36-37,39H,8-9,20-23,26H2,1-7H3,(H,46,48)(H,47,49)(H,50,57);1H3/t45-,47-,48-,51-;33-,36-,37-,39-;/m00./s1. The van der Waals surface area contributed by atoms with E-state index in [9.17, 15) is 43.2 Å². The average Bonchev–Trinajstić information content (AvgIpc) is 1.64. The number of aromatic nitrogens is 8. The first-order valence-electron chi connectivity index (χ1n) is 47.6. The molecule has 0 bridgehead atoms. The number of likely N-dealkylation sites (tertiary alicyclic amines) is 3. The number of alkyl carbamates (subject to hydrolysis) is 2. The summed E-state index contributed by atoms with van der Waals surface area (Å²) < 4.78 is 41.2. The summed E-state index contributed by atoms with van der Waals surface area (Å²) in [5, 5.41) is 5.43. The van der Waals surface area contributed by atoms with Gasteiger partial charge in [0, 0.05) is 103 Å². The van der Waals surface area contributed by atoms with E-state index in [1.54, 1.807) is 27.1 Å². The molecule has 8 heterocycles.